The van der Waals surface area contributed by atoms with Crippen LogP contribution in [0.3, 0.4) is 0 Å². The Morgan fingerprint density at radius 3 is 2.59 bits per heavy atom. The van der Waals surface area contributed by atoms with Crippen molar-refractivity contribution in [3.05, 3.63) is 40.0 Å². The number of H-pyrrole nitrogens is 1. The van der Waals surface area contributed by atoms with Gasteiger partial charge >= 0.3 is 0 Å². The Bertz CT molecular complexity index is 488. The van der Waals surface area contributed by atoms with E-state index in [1.807, 2.05) is 7.05 Å². The third-order valence-electron chi connectivity index (χ3n) is 2.76. The minimum absolute atomic E-state index is 0.778. The zero-order valence-electron chi connectivity index (χ0n) is 10.0. The van der Waals surface area contributed by atoms with Crippen LogP contribution in [0.5, 0.6) is 0 Å². The van der Waals surface area contributed by atoms with Crippen molar-refractivity contribution >= 4 is 15.9 Å². The van der Waals surface area contributed by atoms with Crippen molar-refractivity contribution in [3.8, 4) is 11.3 Å². The summed E-state index contributed by atoms with van der Waals surface area (Å²) in [5.41, 5.74) is 4.52. The van der Waals surface area contributed by atoms with Crippen LogP contribution in [0.25, 0.3) is 11.3 Å². The number of benzene rings is 1. The average molecular weight is 294 g/mol. The maximum Gasteiger partial charge on any atom is 0.107 e. The summed E-state index contributed by atoms with van der Waals surface area (Å²) in [5, 5.41) is 10.5. The molecule has 0 unspecified atom stereocenters. The SMILES string of the molecule is CCc1ccc(-c2n[nH]c(CNC)c2Br)cc1. The highest BCUT2D eigenvalue weighted by molar-refractivity contribution is 9.10. The van der Waals surface area contributed by atoms with Gasteiger partial charge in [-0.05, 0) is 35.0 Å². The molecule has 2 N–H and O–H groups in total. The summed E-state index contributed by atoms with van der Waals surface area (Å²) in [6, 6.07) is 8.52. The lowest BCUT2D eigenvalue weighted by Gasteiger charge is -2.01. The molecule has 0 fully saturated rings. The second-order valence-corrected chi connectivity index (χ2v) is 4.74. The van der Waals surface area contributed by atoms with Crippen molar-refractivity contribution in [2.75, 3.05) is 7.05 Å². The summed E-state index contributed by atoms with van der Waals surface area (Å²) >= 11 is 3.59. The largest absolute Gasteiger partial charge is 0.314 e. The van der Waals surface area contributed by atoms with Crippen LogP contribution in [0.2, 0.25) is 0 Å². The van der Waals surface area contributed by atoms with E-state index in [4.69, 9.17) is 0 Å². The topological polar surface area (TPSA) is 40.7 Å². The van der Waals surface area contributed by atoms with E-state index in [9.17, 15) is 0 Å². The van der Waals surface area contributed by atoms with Crippen LogP contribution in [0.15, 0.2) is 28.7 Å². The fourth-order valence-corrected chi connectivity index (χ4v) is 2.29. The number of nitrogens with zero attached hydrogens (tertiary/aromatic N) is 1. The lowest BCUT2D eigenvalue weighted by molar-refractivity contribution is 0.781. The molecule has 0 aliphatic heterocycles. The van der Waals surface area contributed by atoms with Gasteiger partial charge in [-0.1, -0.05) is 31.2 Å². The van der Waals surface area contributed by atoms with E-state index in [2.05, 4.69) is 62.6 Å². The smallest absolute Gasteiger partial charge is 0.107 e. The van der Waals surface area contributed by atoms with Crippen molar-refractivity contribution in [2.24, 2.45) is 0 Å². The molecular formula is C13H16BrN3. The number of hydrogen-bond donors (Lipinski definition) is 2. The second-order valence-electron chi connectivity index (χ2n) is 3.95. The van der Waals surface area contributed by atoms with E-state index >= 15 is 0 Å². The lowest BCUT2D eigenvalue weighted by Crippen LogP contribution is -2.05. The Morgan fingerprint density at radius 2 is 2.00 bits per heavy atom. The Kier molecular flexibility index (Phi) is 3.97. The maximum absolute atomic E-state index is 4.35. The summed E-state index contributed by atoms with van der Waals surface area (Å²) in [6.07, 6.45) is 1.06. The fourth-order valence-electron chi connectivity index (χ4n) is 1.75. The summed E-state index contributed by atoms with van der Waals surface area (Å²) in [4.78, 5) is 0. The molecule has 0 saturated heterocycles. The molecule has 0 aliphatic rings. The second kappa shape index (κ2) is 5.47. The highest BCUT2D eigenvalue weighted by Gasteiger charge is 2.11. The van der Waals surface area contributed by atoms with Crippen molar-refractivity contribution in [3.63, 3.8) is 0 Å². The van der Waals surface area contributed by atoms with Crippen LogP contribution in [-0.2, 0) is 13.0 Å². The molecule has 0 spiro atoms. The number of nitrogens with one attached hydrogen (secondary N) is 2. The number of hydrogen-bond acceptors (Lipinski definition) is 2. The number of aromatic amines is 1. The molecule has 0 atom stereocenters. The van der Waals surface area contributed by atoms with Gasteiger partial charge in [0.05, 0.1) is 10.2 Å². The number of halogens is 1. The normalized spacial score (nSPS) is 10.8. The number of rotatable bonds is 4. The first kappa shape index (κ1) is 12.3. The Labute approximate surface area is 110 Å². The zero-order valence-corrected chi connectivity index (χ0v) is 11.6. The van der Waals surface area contributed by atoms with Crippen LogP contribution in [0.4, 0.5) is 0 Å². The van der Waals surface area contributed by atoms with Crippen molar-refractivity contribution in [2.45, 2.75) is 19.9 Å². The molecule has 1 heterocycles. The molecule has 0 radical (unpaired) electrons. The fraction of sp³-hybridized carbons (Fsp3) is 0.308. The Hall–Kier alpha value is -1.13. The molecule has 17 heavy (non-hydrogen) atoms. The van der Waals surface area contributed by atoms with E-state index in [0.717, 1.165) is 34.4 Å². The van der Waals surface area contributed by atoms with Crippen LogP contribution < -0.4 is 5.32 Å². The van der Waals surface area contributed by atoms with E-state index in [0.29, 0.717) is 0 Å². The molecule has 0 aliphatic carbocycles. The molecule has 0 bridgehead atoms. The molecule has 0 amide bonds. The Morgan fingerprint density at radius 1 is 1.29 bits per heavy atom. The standard InChI is InChI=1S/C13H16BrN3/c1-3-9-4-6-10(7-5-9)13-12(14)11(8-15-2)16-17-13/h4-7,15H,3,8H2,1-2H3,(H,16,17). The van der Waals surface area contributed by atoms with Gasteiger partial charge in [0.1, 0.15) is 5.69 Å². The van der Waals surface area contributed by atoms with Gasteiger partial charge in [-0.2, -0.15) is 5.10 Å². The first-order valence-corrected chi connectivity index (χ1v) is 6.52. The van der Waals surface area contributed by atoms with Gasteiger partial charge in [0, 0.05) is 12.1 Å². The van der Waals surface area contributed by atoms with Gasteiger partial charge in [0.15, 0.2) is 0 Å². The molecule has 4 heteroatoms. The monoisotopic (exact) mass is 293 g/mol. The molecule has 2 aromatic rings. The average Bonchev–Trinajstić information content (AvgIpc) is 2.72. The molecule has 90 valence electrons. The Balaban J connectivity index is 2.32. The highest BCUT2D eigenvalue weighted by Crippen LogP contribution is 2.28. The van der Waals surface area contributed by atoms with E-state index < -0.39 is 0 Å². The third-order valence-corrected chi connectivity index (χ3v) is 3.62. The predicted octanol–water partition coefficient (Wildman–Crippen LogP) is 3.12. The van der Waals surface area contributed by atoms with Gasteiger partial charge < -0.3 is 5.32 Å². The van der Waals surface area contributed by atoms with Crippen LogP contribution in [0.1, 0.15) is 18.2 Å². The summed E-state index contributed by atoms with van der Waals surface area (Å²) in [6.45, 7) is 2.94. The summed E-state index contributed by atoms with van der Waals surface area (Å²) < 4.78 is 1.04. The van der Waals surface area contributed by atoms with Gasteiger partial charge in [-0.25, -0.2) is 0 Å². The number of aryl methyl sites for hydroxylation is 1. The minimum atomic E-state index is 0.778. The van der Waals surface area contributed by atoms with Crippen molar-refractivity contribution in [1.29, 1.82) is 0 Å². The first-order valence-electron chi connectivity index (χ1n) is 5.73. The van der Waals surface area contributed by atoms with Gasteiger partial charge in [0.2, 0.25) is 0 Å². The van der Waals surface area contributed by atoms with E-state index in [1.54, 1.807) is 0 Å². The molecule has 1 aromatic heterocycles. The van der Waals surface area contributed by atoms with Gasteiger partial charge in [-0.15, -0.1) is 0 Å². The molecule has 0 saturated carbocycles. The van der Waals surface area contributed by atoms with E-state index in [-0.39, 0.29) is 0 Å². The number of aromatic nitrogens is 2. The molecule has 1 aromatic carbocycles. The van der Waals surface area contributed by atoms with Gasteiger partial charge in [-0.3, -0.25) is 5.10 Å². The van der Waals surface area contributed by atoms with Crippen molar-refractivity contribution < 1.29 is 0 Å². The third kappa shape index (κ3) is 2.58. The lowest BCUT2D eigenvalue weighted by atomic mass is 10.1. The maximum atomic E-state index is 4.35. The summed E-state index contributed by atoms with van der Waals surface area (Å²) in [7, 11) is 1.92. The molecular weight excluding hydrogens is 278 g/mol. The molecule has 2 rings (SSSR count). The predicted molar refractivity (Wildman–Crippen MR) is 73.9 cm³/mol. The van der Waals surface area contributed by atoms with Crippen LogP contribution >= 0.6 is 15.9 Å². The highest BCUT2D eigenvalue weighted by atomic mass is 79.9. The van der Waals surface area contributed by atoms with Crippen LogP contribution in [-0.4, -0.2) is 17.2 Å². The zero-order chi connectivity index (χ0) is 12.3. The molecule has 3 nitrogen and oxygen atoms in total. The summed E-state index contributed by atoms with van der Waals surface area (Å²) in [5.74, 6) is 0. The van der Waals surface area contributed by atoms with Crippen molar-refractivity contribution in [1.82, 2.24) is 15.5 Å². The van der Waals surface area contributed by atoms with Crippen LogP contribution in [0, 0.1) is 0 Å². The first-order chi connectivity index (χ1) is 8.26. The minimum Gasteiger partial charge on any atom is -0.314 e. The van der Waals surface area contributed by atoms with E-state index in [1.165, 1.54) is 5.56 Å². The quantitative estimate of drug-likeness (QED) is 0.909. The van der Waals surface area contributed by atoms with Gasteiger partial charge in [0.25, 0.3) is 0 Å².